The molecule has 4 heteroatoms. The SMILES string of the molecule is CC(C)c1ccnc(NCCCN2CCOCC2)c1. The second-order valence-electron chi connectivity index (χ2n) is 5.36. The molecule has 1 aliphatic heterocycles. The molecular formula is C15H25N3O. The van der Waals surface area contributed by atoms with E-state index in [0.717, 1.165) is 51.6 Å². The van der Waals surface area contributed by atoms with Gasteiger partial charge in [0.15, 0.2) is 0 Å². The molecular weight excluding hydrogens is 238 g/mol. The van der Waals surface area contributed by atoms with Gasteiger partial charge in [0.2, 0.25) is 0 Å². The van der Waals surface area contributed by atoms with Crippen LogP contribution in [-0.4, -0.2) is 49.3 Å². The highest BCUT2D eigenvalue weighted by atomic mass is 16.5. The number of hydrogen-bond acceptors (Lipinski definition) is 4. The quantitative estimate of drug-likeness (QED) is 0.799. The molecule has 106 valence electrons. The lowest BCUT2D eigenvalue weighted by Crippen LogP contribution is -2.37. The van der Waals surface area contributed by atoms with Gasteiger partial charge in [-0.25, -0.2) is 4.98 Å². The fraction of sp³-hybridized carbons (Fsp3) is 0.667. The standard InChI is InChI=1S/C15H25N3O/c1-13(2)14-4-6-17-15(12-14)16-5-3-7-18-8-10-19-11-9-18/h4,6,12-13H,3,5,7-11H2,1-2H3,(H,16,17). The molecule has 0 unspecified atom stereocenters. The topological polar surface area (TPSA) is 37.4 Å². The van der Waals surface area contributed by atoms with Gasteiger partial charge in [0.05, 0.1) is 13.2 Å². The van der Waals surface area contributed by atoms with E-state index in [4.69, 9.17) is 4.74 Å². The van der Waals surface area contributed by atoms with Gasteiger partial charge >= 0.3 is 0 Å². The maximum atomic E-state index is 5.34. The monoisotopic (exact) mass is 263 g/mol. The minimum atomic E-state index is 0.553. The lowest BCUT2D eigenvalue weighted by molar-refractivity contribution is 0.0378. The number of rotatable bonds is 6. The van der Waals surface area contributed by atoms with E-state index in [9.17, 15) is 0 Å². The van der Waals surface area contributed by atoms with Crippen molar-refractivity contribution in [3.8, 4) is 0 Å². The van der Waals surface area contributed by atoms with Crippen LogP contribution in [0.15, 0.2) is 18.3 Å². The molecule has 0 radical (unpaired) electrons. The second kappa shape index (κ2) is 7.46. The molecule has 0 bridgehead atoms. The smallest absolute Gasteiger partial charge is 0.126 e. The lowest BCUT2D eigenvalue weighted by Gasteiger charge is -2.26. The van der Waals surface area contributed by atoms with E-state index in [1.54, 1.807) is 0 Å². The number of pyridine rings is 1. The van der Waals surface area contributed by atoms with E-state index in [2.05, 4.69) is 41.2 Å². The summed E-state index contributed by atoms with van der Waals surface area (Å²) in [5.74, 6) is 1.55. The van der Waals surface area contributed by atoms with Gasteiger partial charge in [-0.2, -0.15) is 0 Å². The Bertz CT molecular complexity index is 375. The molecule has 19 heavy (non-hydrogen) atoms. The largest absolute Gasteiger partial charge is 0.379 e. The molecule has 0 spiro atoms. The Balaban J connectivity index is 1.68. The van der Waals surface area contributed by atoms with Crippen molar-refractivity contribution < 1.29 is 4.74 Å². The molecule has 1 saturated heterocycles. The number of anilines is 1. The average molecular weight is 263 g/mol. The fourth-order valence-electron chi connectivity index (χ4n) is 2.25. The maximum Gasteiger partial charge on any atom is 0.126 e. The summed E-state index contributed by atoms with van der Waals surface area (Å²) >= 11 is 0. The van der Waals surface area contributed by atoms with Crippen molar-refractivity contribution in [2.75, 3.05) is 44.7 Å². The summed E-state index contributed by atoms with van der Waals surface area (Å²) in [6.07, 6.45) is 3.03. The van der Waals surface area contributed by atoms with Gasteiger partial charge in [-0.1, -0.05) is 13.8 Å². The van der Waals surface area contributed by atoms with Crippen LogP contribution in [-0.2, 0) is 4.74 Å². The number of nitrogens with one attached hydrogen (secondary N) is 1. The van der Waals surface area contributed by atoms with Crippen molar-refractivity contribution in [3.63, 3.8) is 0 Å². The molecule has 1 fully saturated rings. The molecule has 0 aromatic carbocycles. The van der Waals surface area contributed by atoms with Crippen LogP contribution in [0.25, 0.3) is 0 Å². The Morgan fingerprint density at radius 1 is 1.37 bits per heavy atom. The molecule has 2 rings (SSSR count). The molecule has 0 atom stereocenters. The van der Waals surface area contributed by atoms with Gasteiger partial charge in [-0.05, 0) is 36.6 Å². The Labute approximate surface area is 116 Å². The Morgan fingerprint density at radius 2 is 2.16 bits per heavy atom. The van der Waals surface area contributed by atoms with E-state index in [1.165, 1.54) is 5.56 Å². The third-order valence-corrected chi connectivity index (χ3v) is 3.51. The second-order valence-corrected chi connectivity index (χ2v) is 5.36. The molecule has 0 aliphatic carbocycles. The number of morpholine rings is 1. The molecule has 0 amide bonds. The highest BCUT2D eigenvalue weighted by Gasteiger charge is 2.09. The van der Waals surface area contributed by atoms with Crippen LogP contribution in [0.3, 0.4) is 0 Å². The molecule has 1 aromatic heterocycles. The average Bonchev–Trinajstić information content (AvgIpc) is 2.45. The predicted molar refractivity (Wildman–Crippen MR) is 78.7 cm³/mol. The van der Waals surface area contributed by atoms with Crippen LogP contribution in [0, 0.1) is 0 Å². The van der Waals surface area contributed by atoms with E-state index < -0.39 is 0 Å². The summed E-state index contributed by atoms with van der Waals surface area (Å²) in [4.78, 5) is 6.82. The minimum Gasteiger partial charge on any atom is -0.379 e. The number of aromatic nitrogens is 1. The Morgan fingerprint density at radius 3 is 2.89 bits per heavy atom. The molecule has 1 N–H and O–H groups in total. The van der Waals surface area contributed by atoms with Crippen LogP contribution in [0.1, 0.15) is 31.7 Å². The predicted octanol–water partition coefficient (Wildman–Crippen LogP) is 2.34. The third kappa shape index (κ3) is 4.80. The summed E-state index contributed by atoms with van der Waals surface area (Å²) in [6.45, 7) is 10.4. The van der Waals surface area contributed by atoms with Crippen molar-refractivity contribution in [2.24, 2.45) is 0 Å². The minimum absolute atomic E-state index is 0.553. The zero-order valence-corrected chi connectivity index (χ0v) is 12.1. The zero-order valence-electron chi connectivity index (χ0n) is 12.1. The van der Waals surface area contributed by atoms with Gasteiger partial charge in [0.25, 0.3) is 0 Å². The Hall–Kier alpha value is -1.13. The van der Waals surface area contributed by atoms with Gasteiger partial charge in [0.1, 0.15) is 5.82 Å². The van der Waals surface area contributed by atoms with E-state index in [-0.39, 0.29) is 0 Å². The van der Waals surface area contributed by atoms with Crippen LogP contribution >= 0.6 is 0 Å². The number of hydrogen-bond donors (Lipinski definition) is 1. The van der Waals surface area contributed by atoms with Crippen molar-refractivity contribution in [3.05, 3.63) is 23.9 Å². The van der Waals surface area contributed by atoms with Crippen molar-refractivity contribution in [1.82, 2.24) is 9.88 Å². The zero-order chi connectivity index (χ0) is 13.5. The van der Waals surface area contributed by atoms with Crippen LogP contribution in [0.4, 0.5) is 5.82 Å². The van der Waals surface area contributed by atoms with Gasteiger partial charge < -0.3 is 10.1 Å². The lowest BCUT2D eigenvalue weighted by atomic mass is 10.1. The molecule has 2 heterocycles. The fourth-order valence-corrected chi connectivity index (χ4v) is 2.25. The van der Waals surface area contributed by atoms with Crippen molar-refractivity contribution in [2.45, 2.75) is 26.2 Å². The first-order valence-electron chi connectivity index (χ1n) is 7.25. The summed E-state index contributed by atoms with van der Waals surface area (Å²) < 4.78 is 5.34. The normalized spacial score (nSPS) is 16.8. The first-order valence-corrected chi connectivity index (χ1v) is 7.25. The van der Waals surface area contributed by atoms with E-state index in [1.807, 2.05) is 6.20 Å². The first kappa shape index (κ1) is 14.3. The number of ether oxygens (including phenoxy) is 1. The molecule has 0 saturated carbocycles. The van der Waals surface area contributed by atoms with Gasteiger partial charge in [-0.15, -0.1) is 0 Å². The molecule has 1 aliphatic rings. The number of nitrogens with zero attached hydrogens (tertiary/aromatic N) is 2. The van der Waals surface area contributed by atoms with Gasteiger partial charge in [-0.3, -0.25) is 4.90 Å². The highest BCUT2D eigenvalue weighted by molar-refractivity contribution is 5.38. The highest BCUT2D eigenvalue weighted by Crippen LogP contribution is 2.16. The van der Waals surface area contributed by atoms with E-state index >= 15 is 0 Å². The third-order valence-electron chi connectivity index (χ3n) is 3.51. The summed E-state index contributed by atoms with van der Waals surface area (Å²) in [6, 6.07) is 4.24. The molecule has 1 aromatic rings. The Kier molecular flexibility index (Phi) is 5.61. The van der Waals surface area contributed by atoms with Crippen LogP contribution in [0.5, 0.6) is 0 Å². The van der Waals surface area contributed by atoms with Crippen molar-refractivity contribution in [1.29, 1.82) is 0 Å². The summed E-state index contributed by atoms with van der Waals surface area (Å²) in [7, 11) is 0. The van der Waals surface area contributed by atoms with Crippen LogP contribution in [0.2, 0.25) is 0 Å². The van der Waals surface area contributed by atoms with Crippen LogP contribution < -0.4 is 5.32 Å². The van der Waals surface area contributed by atoms with Gasteiger partial charge in [0, 0.05) is 25.8 Å². The first-order chi connectivity index (χ1) is 9.25. The molecule has 4 nitrogen and oxygen atoms in total. The summed E-state index contributed by atoms with van der Waals surface area (Å²) in [5, 5.41) is 3.41. The van der Waals surface area contributed by atoms with E-state index in [0.29, 0.717) is 5.92 Å². The summed E-state index contributed by atoms with van der Waals surface area (Å²) in [5.41, 5.74) is 1.34. The maximum absolute atomic E-state index is 5.34. The van der Waals surface area contributed by atoms with Crippen molar-refractivity contribution >= 4 is 5.82 Å².